The number of anilines is 1. The van der Waals surface area contributed by atoms with Gasteiger partial charge in [-0.1, -0.05) is 18.2 Å². The Morgan fingerprint density at radius 3 is 3.21 bits per heavy atom. The molecule has 0 spiro atoms. The molecule has 0 bridgehead atoms. The van der Waals surface area contributed by atoms with Gasteiger partial charge in [0.05, 0.1) is 12.8 Å². The van der Waals surface area contributed by atoms with Crippen molar-refractivity contribution in [1.29, 1.82) is 0 Å². The lowest BCUT2D eigenvalue weighted by molar-refractivity contribution is 0.100. The summed E-state index contributed by atoms with van der Waals surface area (Å²) in [5, 5.41) is 11.2. The summed E-state index contributed by atoms with van der Waals surface area (Å²) in [5.41, 5.74) is 7.05. The van der Waals surface area contributed by atoms with Gasteiger partial charge in [-0.05, 0) is 6.07 Å². The quantitative estimate of drug-likeness (QED) is 0.783. The lowest BCUT2D eigenvalue weighted by Gasteiger charge is -2.30. The molecule has 1 aromatic heterocycles. The molecule has 0 saturated carbocycles. The average molecular weight is 327 g/mol. The highest BCUT2D eigenvalue weighted by molar-refractivity contribution is 5.97. The van der Waals surface area contributed by atoms with Crippen molar-refractivity contribution in [2.45, 2.75) is 19.0 Å². The van der Waals surface area contributed by atoms with E-state index >= 15 is 0 Å². The molecule has 7 heteroatoms. The van der Waals surface area contributed by atoms with E-state index in [9.17, 15) is 4.79 Å². The van der Waals surface area contributed by atoms with Gasteiger partial charge in [0.1, 0.15) is 17.1 Å². The molecule has 0 radical (unpaired) electrons. The summed E-state index contributed by atoms with van der Waals surface area (Å²) in [6.45, 7) is 3.18. The Hall–Kier alpha value is -2.54. The molecule has 126 valence electrons. The van der Waals surface area contributed by atoms with Crippen LogP contribution in [0.15, 0.2) is 30.5 Å². The summed E-state index contributed by atoms with van der Waals surface area (Å²) in [6.07, 6.45) is 2.51. The van der Waals surface area contributed by atoms with Crippen LogP contribution in [0.1, 0.15) is 28.4 Å². The van der Waals surface area contributed by atoms with E-state index in [1.54, 1.807) is 0 Å². The molecule has 4 rings (SSSR count). The van der Waals surface area contributed by atoms with Crippen molar-refractivity contribution in [3.63, 3.8) is 0 Å². The smallest absolute Gasteiger partial charge is 0.254 e. The van der Waals surface area contributed by atoms with Crippen LogP contribution in [-0.2, 0) is 6.54 Å². The zero-order chi connectivity index (χ0) is 16.5. The molecule has 0 aliphatic carbocycles. The van der Waals surface area contributed by atoms with Gasteiger partial charge in [0.25, 0.3) is 5.91 Å². The molecule has 2 atom stereocenters. The average Bonchev–Trinajstić information content (AvgIpc) is 3.03. The number of para-hydroxylation sites is 1. The fourth-order valence-electron chi connectivity index (χ4n) is 3.44. The summed E-state index contributed by atoms with van der Waals surface area (Å²) >= 11 is 0. The largest absolute Gasteiger partial charge is 0.493 e. The van der Waals surface area contributed by atoms with Crippen molar-refractivity contribution in [2.75, 3.05) is 25.0 Å². The Bertz CT molecular complexity index is 757. The number of nitrogens with one attached hydrogen (secondary N) is 2. The first kappa shape index (κ1) is 15.0. The van der Waals surface area contributed by atoms with Gasteiger partial charge < -0.3 is 21.1 Å². The maximum absolute atomic E-state index is 11.4. The van der Waals surface area contributed by atoms with Gasteiger partial charge in [-0.15, -0.1) is 0 Å². The number of ether oxygens (including phenoxy) is 1. The van der Waals surface area contributed by atoms with Crippen LogP contribution < -0.4 is 21.1 Å². The van der Waals surface area contributed by atoms with Crippen molar-refractivity contribution < 1.29 is 9.53 Å². The normalized spacial score (nSPS) is 22.0. The van der Waals surface area contributed by atoms with Gasteiger partial charge in [0.2, 0.25) is 0 Å². The number of nitrogens with zero attached hydrogens (tertiary/aromatic N) is 2. The molecule has 1 aromatic carbocycles. The lowest BCUT2D eigenvalue weighted by atomic mass is 9.99. The van der Waals surface area contributed by atoms with Gasteiger partial charge in [0.15, 0.2) is 0 Å². The molecule has 4 N–H and O–H groups in total. The highest BCUT2D eigenvalue weighted by Gasteiger charge is 2.26. The third-order valence-corrected chi connectivity index (χ3v) is 4.71. The van der Waals surface area contributed by atoms with Gasteiger partial charge in [-0.3, -0.25) is 4.79 Å². The first-order valence-electron chi connectivity index (χ1n) is 8.27. The van der Waals surface area contributed by atoms with E-state index in [-0.39, 0.29) is 0 Å². The van der Waals surface area contributed by atoms with E-state index in [1.165, 1.54) is 11.8 Å². The number of carbonyl (C=O) groups excluding carboxylic acids is 1. The predicted octanol–water partition coefficient (Wildman–Crippen LogP) is 1.14. The molecule has 0 unspecified atom stereocenters. The third kappa shape index (κ3) is 2.71. The van der Waals surface area contributed by atoms with E-state index in [0.717, 1.165) is 44.2 Å². The topological polar surface area (TPSA) is 94.2 Å². The zero-order valence-corrected chi connectivity index (χ0v) is 13.4. The summed E-state index contributed by atoms with van der Waals surface area (Å²) in [5.74, 6) is 1.66. The Morgan fingerprint density at radius 1 is 1.46 bits per heavy atom. The second-order valence-corrected chi connectivity index (χ2v) is 6.34. The van der Waals surface area contributed by atoms with E-state index in [4.69, 9.17) is 10.5 Å². The molecular weight excluding hydrogens is 306 g/mol. The van der Waals surface area contributed by atoms with Crippen LogP contribution in [0.5, 0.6) is 5.75 Å². The summed E-state index contributed by atoms with van der Waals surface area (Å²) in [4.78, 5) is 11.4. The molecule has 2 aliphatic heterocycles. The number of hydrogen-bond acceptors (Lipinski definition) is 5. The number of primary amides is 1. The fraction of sp³-hybridized carbons (Fsp3) is 0.412. The van der Waals surface area contributed by atoms with Crippen LogP contribution in [0.25, 0.3) is 0 Å². The number of nitrogens with two attached hydrogens (primary N) is 1. The third-order valence-electron chi connectivity index (χ3n) is 4.71. The number of benzene rings is 1. The summed E-state index contributed by atoms with van der Waals surface area (Å²) in [6, 6.07) is 8.51. The van der Waals surface area contributed by atoms with Crippen molar-refractivity contribution >= 4 is 11.7 Å². The number of rotatable bonds is 4. The van der Waals surface area contributed by atoms with Crippen molar-refractivity contribution in [1.82, 2.24) is 15.1 Å². The molecule has 7 nitrogen and oxygen atoms in total. The van der Waals surface area contributed by atoms with Gasteiger partial charge in [-0.2, -0.15) is 5.10 Å². The molecule has 3 heterocycles. The molecule has 1 amide bonds. The Labute approximate surface area is 140 Å². The standard InChI is InChI=1S/C17H21N5O2/c18-16(23)13-9-21-22-10-11(8-20-17(13)22)7-19-14-5-6-24-15-4-2-1-3-12(14)15/h1-4,9,11,14,19-20H,5-8,10H2,(H2,18,23)/t11-,14+/m0/s1. The minimum atomic E-state index is -0.445. The Morgan fingerprint density at radius 2 is 2.33 bits per heavy atom. The van der Waals surface area contributed by atoms with Crippen molar-refractivity contribution in [3.8, 4) is 5.75 Å². The number of aromatic nitrogens is 2. The highest BCUT2D eigenvalue weighted by atomic mass is 16.5. The van der Waals surface area contributed by atoms with Gasteiger partial charge >= 0.3 is 0 Å². The van der Waals surface area contributed by atoms with Gasteiger partial charge in [-0.25, -0.2) is 4.68 Å². The SMILES string of the molecule is NC(=O)c1cnn2c1NC[C@H](CN[C@@H]1CCOc3ccccc31)C2. The van der Waals surface area contributed by atoms with Crippen LogP contribution in [0.2, 0.25) is 0 Å². The van der Waals surface area contributed by atoms with E-state index in [1.807, 2.05) is 22.9 Å². The number of carbonyl (C=O) groups is 1. The second kappa shape index (κ2) is 6.16. The monoisotopic (exact) mass is 327 g/mol. The lowest BCUT2D eigenvalue weighted by Crippen LogP contribution is -2.38. The van der Waals surface area contributed by atoms with Crippen molar-refractivity contribution in [3.05, 3.63) is 41.6 Å². The van der Waals surface area contributed by atoms with Crippen molar-refractivity contribution in [2.24, 2.45) is 11.7 Å². The minimum Gasteiger partial charge on any atom is -0.493 e. The fourth-order valence-corrected chi connectivity index (χ4v) is 3.44. The highest BCUT2D eigenvalue weighted by Crippen LogP contribution is 2.31. The number of fused-ring (bicyclic) bond motifs is 2. The maximum Gasteiger partial charge on any atom is 0.254 e. The molecule has 0 fully saturated rings. The molecule has 2 aromatic rings. The van der Waals surface area contributed by atoms with Gasteiger partial charge in [0, 0.05) is 43.6 Å². The Balaban J connectivity index is 1.40. The minimum absolute atomic E-state index is 0.315. The Kier molecular flexibility index (Phi) is 3.86. The molecule has 0 saturated heterocycles. The number of amides is 1. The number of hydrogen-bond donors (Lipinski definition) is 3. The van der Waals surface area contributed by atoms with E-state index in [2.05, 4.69) is 21.8 Å². The van der Waals surface area contributed by atoms with E-state index < -0.39 is 5.91 Å². The predicted molar refractivity (Wildman–Crippen MR) is 90.0 cm³/mol. The molecule has 2 aliphatic rings. The molecular formula is C17H21N5O2. The first-order valence-corrected chi connectivity index (χ1v) is 8.27. The maximum atomic E-state index is 11.4. The second-order valence-electron chi connectivity index (χ2n) is 6.34. The van der Waals surface area contributed by atoms with E-state index in [0.29, 0.717) is 17.5 Å². The first-order chi connectivity index (χ1) is 11.7. The van der Waals surface area contributed by atoms with Crippen LogP contribution >= 0.6 is 0 Å². The molecule has 24 heavy (non-hydrogen) atoms. The van der Waals surface area contributed by atoms with Crippen LogP contribution in [0, 0.1) is 5.92 Å². The van der Waals surface area contributed by atoms with Crippen LogP contribution in [-0.4, -0.2) is 35.4 Å². The van der Waals surface area contributed by atoms with Crippen LogP contribution in [0.4, 0.5) is 5.82 Å². The summed E-state index contributed by atoms with van der Waals surface area (Å²) < 4.78 is 7.53. The zero-order valence-electron chi connectivity index (χ0n) is 13.4. The van der Waals surface area contributed by atoms with Crippen LogP contribution in [0.3, 0.4) is 0 Å². The summed E-state index contributed by atoms with van der Waals surface area (Å²) in [7, 11) is 0.